The van der Waals surface area contributed by atoms with Gasteiger partial charge < -0.3 is 4.74 Å². The van der Waals surface area contributed by atoms with Crippen LogP contribution in [0.1, 0.15) is 33.6 Å². The summed E-state index contributed by atoms with van der Waals surface area (Å²) in [6.07, 6.45) is 4.87. The molecule has 1 unspecified atom stereocenters. The van der Waals surface area contributed by atoms with Crippen molar-refractivity contribution in [2.24, 2.45) is 0 Å². The highest BCUT2D eigenvalue weighted by atomic mass is 16.5. The second-order valence-corrected chi connectivity index (χ2v) is 4.28. The van der Waals surface area contributed by atoms with Crippen molar-refractivity contribution in [3.63, 3.8) is 0 Å². The van der Waals surface area contributed by atoms with E-state index in [-0.39, 0.29) is 17.9 Å². The van der Waals surface area contributed by atoms with Crippen molar-refractivity contribution < 1.29 is 14.3 Å². The molecule has 0 spiro atoms. The molecule has 17 heavy (non-hydrogen) atoms. The number of aromatic nitrogens is 1. The van der Waals surface area contributed by atoms with E-state index in [1.54, 1.807) is 6.07 Å². The smallest absolute Gasteiger partial charge is 0.263 e. The molecule has 0 bridgehead atoms. The van der Waals surface area contributed by atoms with E-state index in [9.17, 15) is 9.59 Å². The Balaban J connectivity index is 1.84. The van der Waals surface area contributed by atoms with Gasteiger partial charge in [0.05, 0.1) is 23.8 Å². The molecule has 5 nitrogen and oxygen atoms in total. The first-order valence-electron chi connectivity index (χ1n) is 5.69. The molecule has 1 saturated heterocycles. The molecule has 1 atom stereocenters. The molecule has 0 radical (unpaired) electrons. The van der Waals surface area contributed by atoms with Gasteiger partial charge in [0.1, 0.15) is 0 Å². The zero-order valence-electron chi connectivity index (χ0n) is 9.26. The summed E-state index contributed by atoms with van der Waals surface area (Å²) in [5.74, 6) is -0.489. The average molecular weight is 232 g/mol. The molecule has 0 aromatic carbocycles. The van der Waals surface area contributed by atoms with Crippen LogP contribution < -0.4 is 0 Å². The number of carbonyl (C=O) groups excluding carboxylic acids is 2. The van der Waals surface area contributed by atoms with Crippen LogP contribution in [0.2, 0.25) is 0 Å². The van der Waals surface area contributed by atoms with Crippen molar-refractivity contribution in [3.8, 4) is 0 Å². The minimum Gasteiger partial charge on any atom is -0.376 e. The van der Waals surface area contributed by atoms with Crippen molar-refractivity contribution in [2.75, 3.05) is 13.2 Å². The number of nitrogens with zero attached hydrogens (tertiary/aromatic N) is 2. The number of pyridine rings is 1. The first kappa shape index (κ1) is 10.4. The van der Waals surface area contributed by atoms with Gasteiger partial charge in [-0.1, -0.05) is 0 Å². The van der Waals surface area contributed by atoms with Crippen LogP contribution in [0.3, 0.4) is 0 Å². The zero-order chi connectivity index (χ0) is 11.8. The lowest BCUT2D eigenvalue weighted by Gasteiger charge is -2.17. The summed E-state index contributed by atoms with van der Waals surface area (Å²) in [5, 5.41) is 0. The zero-order valence-corrected chi connectivity index (χ0v) is 9.26. The van der Waals surface area contributed by atoms with E-state index in [1.165, 1.54) is 17.3 Å². The summed E-state index contributed by atoms with van der Waals surface area (Å²) in [6, 6.07) is 1.59. The van der Waals surface area contributed by atoms with Crippen LogP contribution in [0.15, 0.2) is 18.5 Å². The van der Waals surface area contributed by atoms with Crippen molar-refractivity contribution in [2.45, 2.75) is 18.9 Å². The Morgan fingerprint density at radius 1 is 1.35 bits per heavy atom. The maximum atomic E-state index is 12.0. The molecule has 1 aromatic rings. The van der Waals surface area contributed by atoms with E-state index >= 15 is 0 Å². The third-order valence-corrected chi connectivity index (χ3v) is 3.18. The van der Waals surface area contributed by atoms with Gasteiger partial charge in [0.15, 0.2) is 0 Å². The fraction of sp³-hybridized carbons (Fsp3) is 0.417. The van der Waals surface area contributed by atoms with Crippen LogP contribution in [-0.2, 0) is 4.74 Å². The van der Waals surface area contributed by atoms with Gasteiger partial charge in [-0.3, -0.25) is 19.5 Å². The highest BCUT2D eigenvalue weighted by Gasteiger charge is 2.37. The van der Waals surface area contributed by atoms with Gasteiger partial charge in [0, 0.05) is 19.0 Å². The topological polar surface area (TPSA) is 59.5 Å². The molecule has 3 heterocycles. The monoisotopic (exact) mass is 232 g/mol. The minimum atomic E-state index is -0.256. The molecule has 1 aromatic heterocycles. The maximum absolute atomic E-state index is 12.0. The standard InChI is InChI=1S/C12H12N2O3/c15-11-9-3-4-13-6-10(9)12(16)14(11)7-8-2-1-5-17-8/h3-4,6,8H,1-2,5,7H2. The Kier molecular flexibility index (Phi) is 2.40. The van der Waals surface area contributed by atoms with Gasteiger partial charge >= 0.3 is 0 Å². The Hall–Kier alpha value is -1.75. The quantitative estimate of drug-likeness (QED) is 0.709. The number of hydrogen-bond donors (Lipinski definition) is 0. The molecule has 2 aliphatic rings. The highest BCUT2D eigenvalue weighted by molar-refractivity contribution is 6.21. The summed E-state index contributed by atoms with van der Waals surface area (Å²) in [6.45, 7) is 1.07. The van der Waals surface area contributed by atoms with Gasteiger partial charge in [-0.2, -0.15) is 0 Å². The lowest BCUT2D eigenvalue weighted by atomic mass is 10.2. The number of rotatable bonds is 2. The molecular weight excluding hydrogens is 220 g/mol. The first-order valence-corrected chi connectivity index (χ1v) is 5.69. The number of ether oxygens (including phenoxy) is 1. The van der Waals surface area contributed by atoms with Crippen LogP contribution in [0.25, 0.3) is 0 Å². The van der Waals surface area contributed by atoms with Gasteiger partial charge in [0.25, 0.3) is 11.8 Å². The third-order valence-electron chi connectivity index (χ3n) is 3.18. The number of amides is 2. The summed E-state index contributed by atoms with van der Waals surface area (Å²) in [5.41, 5.74) is 0.846. The Morgan fingerprint density at radius 2 is 2.18 bits per heavy atom. The summed E-state index contributed by atoms with van der Waals surface area (Å²) in [7, 11) is 0. The molecule has 5 heteroatoms. The van der Waals surface area contributed by atoms with E-state index in [0.717, 1.165) is 19.4 Å². The molecule has 2 amide bonds. The fourth-order valence-corrected chi connectivity index (χ4v) is 2.29. The number of carbonyl (C=O) groups is 2. The van der Waals surface area contributed by atoms with Crippen molar-refractivity contribution >= 4 is 11.8 Å². The molecule has 0 N–H and O–H groups in total. The van der Waals surface area contributed by atoms with Gasteiger partial charge in [-0.05, 0) is 18.9 Å². The van der Waals surface area contributed by atoms with Crippen LogP contribution in [-0.4, -0.2) is 41.0 Å². The van der Waals surface area contributed by atoms with Crippen LogP contribution in [0.5, 0.6) is 0 Å². The van der Waals surface area contributed by atoms with Gasteiger partial charge in [0.2, 0.25) is 0 Å². The van der Waals surface area contributed by atoms with Crippen molar-refractivity contribution in [1.82, 2.24) is 9.88 Å². The normalized spacial score (nSPS) is 23.3. The summed E-state index contributed by atoms with van der Waals surface area (Å²) >= 11 is 0. The Morgan fingerprint density at radius 3 is 2.88 bits per heavy atom. The first-order chi connectivity index (χ1) is 8.27. The fourth-order valence-electron chi connectivity index (χ4n) is 2.29. The molecule has 1 fully saturated rings. The number of hydrogen-bond acceptors (Lipinski definition) is 4. The molecule has 88 valence electrons. The third kappa shape index (κ3) is 1.63. The van der Waals surface area contributed by atoms with E-state index in [1.807, 2.05) is 0 Å². The second kappa shape index (κ2) is 3.92. The predicted octanol–water partition coefficient (Wildman–Crippen LogP) is 0.857. The SMILES string of the molecule is O=C1c2ccncc2C(=O)N1CC1CCCO1. The van der Waals surface area contributed by atoms with Crippen molar-refractivity contribution in [1.29, 1.82) is 0 Å². The maximum Gasteiger partial charge on any atom is 0.263 e. The summed E-state index contributed by atoms with van der Waals surface area (Å²) < 4.78 is 5.45. The predicted molar refractivity (Wildman–Crippen MR) is 58.6 cm³/mol. The molecule has 2 aliphatic heterocycles. The van der Waals surface area contributed by atoms with E-state index in [0.29, 0.717) is 17.7 Å². The second-order valence-electron chi connectivity index (χ2n) is 4.28. The Bertz CT molecular complexity index is 445. The highest BCUT2D eigenvalue weighted by Crippen LogP contribution is 2.23. The number of imide groups is 1. The van der Waals surface area contributed by atoms with Crippen LogP contribution in [0, 0.1) is 0 Å². The lowest BCUT2D eigenvalue weighted by Crippen LogP contribution is -2.36. The van der Waals surface area contributed by atoms with Crippen LogP contribution in [0.4, 0.5) is 0 Å². The van der Waals surface area contributed by atoms with Crippen molar-refractivity contribution in [3.05, 3.63) is 29.6 Å². The van der Waals surface area contributed by atoms with Gasteiger partial charge in [-0.15, -0.1) is 0 Å². The largest absolute Gasteiger partial charge is 0.376 e. The van der Waals surface area contributed by atoms with Gasteiger partial charge in [-0.25, -0.2) is 0 Å². The molecule has 0 aliphatic carbocycles. The van der Waals surface area contributed by atoms with E-state index in [4.69, 9.17) is 4.74 Å². The van der Waals surface area contributed by atoms with Crippen LogP contribution >= 0.6 is 0 Å². The Labute approximate surface area is 98.4 Å². The van der Waals surface area contributed by atoms with E-state index < -0.39 is 0 Å². The average Bonchev–Trinajstić information content (AvgIpc) is 2.94. The summed E-state index contributed by atoms with van der Waals surface area (Å²) in [4.78, 5) is 29.2. The number of fused-ring (bicyclic) bond motifs is 1. The lowest BCUT2D eigenvalue weighted by molar-refractivity contribution is 0.0475. The van der Waals surface area contributed by atoms with E-state index in [2.05, 4.69) is 4.98 Å². The molecule has 0 saturated carbocycles. The minimum absolute atomic E-state index is 0.00910. The molecule has 3 rings (SSSR count). The molecular formula is C12H12N2O3.